The van der Waals surface area contributed by atoms with Gasteiger partial charge in [0.15, 0.2) is 5.78 Å². The number of nitrogens with one attached hydrogen (secondary N) is 1. The average Bonchev–Trinajstić information content (AvgIpc) is 3.04. The number of thiophene rings is 1. The summed E-state index contributed by atoms with van der Waals surface area (Å²) in [6.07, 6.45) is 1.12. The molecular formula is C17H22N2O3S2. The maximum atomic E-state index is 12.5. The molecule has 0 aliphatic carbocycles. The van der Waals surface area contributed by atoms with Crippen molar-refractivity contribution >= 4 is 27.1 Å². The Bertz CT molecular complexity index is 813. The molecule has 1 heterocycles. The van der Waals surface area contributed by atoms with E-state index in [4.69, 9.17) is 5.14 Å². The highest BCUT2D eigenvalue weighted by Crippen LogP contribution is 2.21. The summed E-state index contributed by atoms with van der Waals surface area (Å²) in [6, 6.07) is 8.69. The van der Waals surface area contributed by atoms with Crippen molar-refractivity contribution in [3.63, 3.8) is 0 Å². The fourth-order valence-electron chi connectivity index (χ4n) is 2.18. The van der Waals surface area contributed by atoms with Crippen LogP contribution in [-0.4, -0.2) is 20.7 Å². The number of hydrogen-bond acceptors (Lipinski definition) is 5. The Hall–Kier alpha value is -1.54. The average molecular weight is 367 g/mol. The third-order valence-corrected chi connectivity index (χ3v) is 6.21. The van der Waals surface area contributed by atoms with E-state index in [-0.39, 0.29) is 9.99 Å². The number of hydrogen-bond donors (Lipinski definition) is 2. The molecule has 130 valence electrons. The van der Waals surface area contributed by atoms with Crippen LogP contribution < -0.4 is 10.5 Å². The first kappa shape index (κ1) is 18.8. The minimum atomic E-state index is -3.77. The summed E-state index contributed by atoms with van der Waals surface area (Å²) in [6.45, 7) is 5.96. The molecule has 0 spiro atoms. The van der Waals surface area contributed by atoms with Gasteiger partial charge in [-0.15, -0.1) is 11.3 Å². The molecule has 1 aromatic heterocycles. The van der Waals surface area contributed by atoms with E-state index in [2.05, 4.69) is 19.2 Å². The Morgan fingerprint density at radius 1 is 1.29 bits per heavy atom. The van der Waals surface area contributed by atoms with Crippen molar-refractivity contribution < 1.29 is 13.2 Å². The van der Waals surface area contributed by atoms with Gasteiger partial charge < -0.3 is 5.32 Å². The van der Waals surface area contributed by atoms with Crippen LogP contribution in [0, 0.1) is 5.92 Å². The molecule has 1 atom stereocenters. The highest BCUT2D eigenvalue weighted by molar-refractivity contribution is 7.91. The standard InChI is InChI=1S/C17H22N2O3S2/c1-3-12(2)9-19-10-13-5-4-6-14(7-13)17(20)15-8-16(23-11-15)24(18,21)22/h4-8,11-12,19H,3,9-10H2,1-2H3,(H2,18,21,22). The summed E-state index contributed by atoms with van der Waals surface area (Å²) in [4.78, 5) is 12.5. The number of benzene rings is 1. The second-order valence-corrected chi connectivity index (χ2v) is 8.57. The van der Waals surface area contributed by atoms with Gasteiger partial charge >= 0.3 is 0 Å². The Morgan fingerprint density at radius 2 is 2.04 bits per heavy atom. The fourth-order valence-corrected chi connectivity index (χ4v) is 3.77. The SMILES string of the molecule is CCC(C)CNCc1cccc(C(=O)c2csc(S(N)(=O)=O)c2)c1. The monoisotopic (exact) mass is 366 g/mol. The molecule has 0 radical (unpaired) electrons. The molecule has 0 fully saturated rings. The molecule has 0 aliphatic heterocycles. The summed E-state index contributed by atoms with van der Waals surface area (Å²) in [5.41, 5.74) is 1.90. The van der Waals surface area contributed by atoms with E-state index in [1.54, 1.807) is 6.07 Å². The van der Waals surface area contributed by atoms with Crippen molar-refractivity contribution in [3.8, 4) is 0 Å². The van der Waals surface area contributed by atoms with Gasteiger partial charge in [-0.05, 0) is 30.2 Å². The minimum Gasteiger partial charge on any atom is -0.312 e. The molecular weight excluding hydrogens is 344 g/mol. The second kappa shape index (κ2) is 8.02. The normalized spacial score (nSPS) is 13.0. The van der Waals surface area contributed by atoms with Crippen LogP contribution in [0.3, 0.4) is 0 Å². The zero-order chi connectivity index (χ0) is 17.7. The number of rotatable bonds is 8. The van der Waals surface area contributed by atoms with E-state index in [1.165, 1.54) is 11.4 Å². The van der Waals surface area contributed by atoms with Crippen molar-refractivity contribution in [2.45, 2.75) is 31.0 Å². The van der Waals surface area contributed by atoms with Crippen molar-refractivity contribution in [2.75, 3.05) is 6.54 Å². The van der Waals surface area contributed by atoms with Crippen LogP contribution in [0.15, 0.2) is 39.9 Å². The van der Waals surface area contributed by atoms with Crippen LogP contribution in [0.2, 0.25) is 0 Å². The van der Waals surface area contributed by atoms with Crippen LogP contribution in [0.1, 0.15) is 41.8 Å². The number of nitrogens with two attached hydrogens (primary N) is 1. The number of primary sulfonamides is 1. The van der Waals surface area contributed by atoms with E-state index >= 15 is 0 Å². The van der Waals surface area contributed by atoms with Gasteiger partial charge in [-0.1, -0.05) is 38.5 Å². The summed E-state index contributed by atoms with van der Waals surface area (Å²) < 4.78 is 22.6. The van der Waals surface area contributed by atoms with Crippen LogP contribution in [0.5, 0.6) is 0 Å². The molecule has 1 aromatic carbocycles. The Balaban J connectivity index is 2.10. The lowest BCUT2D eigenvalue weighted by Crippen LogP contribution is -2.20. The van der Waals surface area contributed by atoms with Gasteiger partial charge in [0.25, 0.3) is 0 Å². The molecule has 2 aromatic rings. The third-order valence-electron chi connectivity index (χ3n) is 3.83. The summed E-state index contributed by atoms with van der Waals surface area (Å²) >= 11 is 0.957. The van der Waals surface area contributed by atoms with E-state index in [0.29, 0.717) is 23.6 Å². The largest absolute Gasteiger partial charge is 0.312 e. The van der Waals surface area contributed by atoms with Crippen molar-refractivity contribution in [3.05, 3.63) is 52.4 Å². The molecule has 5 nitrogen and oxygen atoms in total. The van der Waals surface area contributed by atoms with Gasteiger partial charge in [0, 0.05) is 23.1 Å². The molecule has 0 amide bonds. The lowest BCUT2D eigenvalue weighted by atomic mass is 10.0. The molecule has 1 unspecified atom stereocenters. The van der Waals surface area contributed by atoms with Gasteiger partial charge in [-0.2, -0.15) is 0 Å². The number of carbonyl (C=O) groups is 1. The van der Waals surface area contributed by atoms with Crippen molar-refractivity contribution in [1.82, 2.24) is 5.32 Å². The van der Waals surface area contributed by atoms with Gasteiger partial charge in [0.1, 0.15) is 4.21 Å². The van der Waals surface area contributed by atoms with Gasteiger partial charge in [0.2, 0.25) is 10.0 Å². The van der Waals surface area contributed by atoms with E-state index < -0.39 is 10.0 Å². The summed E-state index contributed by atoms with van der Waals surface area (Å²) in [5, 5.41) is 9.99. The van der Waals surface area contributed by atoms with E-state index in [9.17, 15) is 13.2 Å². The zero-order valence-corrected chi connectivity index (χ0v) is 15.4. The molecule has 24 heavy (non-hydrogen) atoms. The predicted octanol–water partition coefficient (Wildman–Crippen LogP) is 2.76. The Morgan fingerprint density at radius 3 is 2.67 bits per heavy atom. The van der Waals surface area contributed by atoms with Gasteiger partial charge in [-0.3, -0.25) is 4.79 Å². The Labute approximate surface area is 146 Å². The van der Waals surface area contributed by atoms with Gasteiger partial charge in [-0.25, -0.2) is 13.6 Å². The molecule has 0 bridgehead atoms. The third kappa shape index (κ3) is 4.98. The highest BCUT2D eigenvalue weighted by atomic mass is 32.2. The molecule has 2 rings (SSSR count). The van der Waals surface area contributed by atoms with Crippen LogP contribution in [-0.2, 0) is 16.6 Å². The predicted molar refractivity (Wildman–Crippen MR) is 96.7 cm³/mol. The fraction of sp³-hybridized carbons (Fsp3) is 0.353. The number of ketones is 1. The van der Waals surface area contributed by atoms with E-state index in [1.807, 2.05) is 18.2 Å². The molecule has 3 N–H and O–H groups in total. The van der Waals surface area contributed by atoms with Crippen LogP contribution in [0.25, 0.3) is 0 Å². The minimum absolute atomic E-state index is 0.00257. The van der Waals surface area contributed by atoms with Crippen LogP contribution in [0.4, 0.5) is 0 Å². The molecule has 0 saturated heterocycles. The molecule has 0 saturated carbocycles. The van der Waals surface area contributed by atoms with Crippen LogP contribution >= 0.6 is 11.3 Å². The number of carbonyl (C=O) groups excluding carboxylic acids is 1. The Kier molecular flexibility index (Phi) is 6.28. The summed E-state index contributed by atoms with van der Waals surface area (Å²) in [5.74, 6) is 0.405. The number of sulfonamides is 1. The van der Waals surface area contributed by atoms with E-state index in [0.717, 1.165) is 29.9 Å². The smallest absolute Gasteiger partial charge is 0.247 e. The zero-order valence-electron chi connectivity index (χ0n) is 13.8. The second-order valence-electron chi connectivity index (χ2n) is 5.87. The van der Waals surface area contributed by atoms with Crippen molar-refractivity contribution in [2.24, 2.45) is 11.1 Å². The first-order valence-corrected chi connectivity index (χ1v) is 10.2. The van der Waals surface area contributed by atoms with Gasteiger partial charge in [0.05, 0.1) is 0 Å². The maximum Gasteiger partial charge on any atom is 0.247 e. The molecule has 7 heteroatoms. The lowest BCUT2D eigenvalue weighted by molar-refractivity contribution is 0.103. The van der Waals surface area contributed by atoms with Crippen molar-refractivity contribution in [1.29, 1.82) is 0 Å². The lowest BCUT2D eigenvalue weighted by Gasteiger charge is -2.10. The topological polar surface area (TPSA) is 89.3 Å². The molecule has 0 aliphatic rings. The first-order valence-electron chi connectivity index (χ1n) is 7.77. The quantitative estimate of drug-likeness (QED) is 0.703. The highest BCUT2D eigenvalue weighted by Gasteiger charge is 2.16. The summed E-state index contributed by atoms with van der Waals surface area (Å²) in [7, 11) is -3.77. The maximum absolute atomic E-state index is 12.5. The first-order chi connectivity index (χ1) is 11.3.